The van der Waals surface area contributed by atoms with Crippen LogP contribution in [0.15, 0.2) is 12.7 Å². The van der Waals surface area contributed by atoms with Gasteiger partial charge in [0.05, 0.1) is 6.04 Å². The Morgan fingerprint density at radius 1 is 1.29 bits per heavy atom. The summed E-state index contributed by atoms with van der Waals surface area (Å²) in [6.07, 6.45) is 7.57. The molecular formula is C17H29N3O. The number of fused-ring (bicyclic) bond motifs is 2. The Bertz CT molecular complexity index is 389. The third kappa shape index (κ3) is 3.16. The van der Waals surface area contributed by atoms with Gasteiger partial charge in [0, 0.05) is 38.8 Å². The first-order valence-electron chi connectivity index (χ1n) is 8.55. The van der Waals surface area contributed by atoms with Gasteiger partial charge in [-0.1, -0.05) is 12.5 Å². The second-order valence-electron chi connectivity index (χ2n) is 7.02. The molecule has 21 heavy (non-hydrogen) atoms. The number of carbonyl (C=O) groups is 1. The van der Waals surface area contributed by atoms with Gasteiger partial charge in [-0.3, -0.25) is 14.6 Å². The van der Waals surface area contributed by atoms with Crippen LogP contribution in [-0.4, -0.2) is 60.5 Å². The minimum atomic E-state index is -0.0212. The molecule has 0 unspecified atom stereocenters. The maximum Gasteiger partial charge on any atom is 0.237 e. The lowest BCUT2D eigenvalue weighted by atomic mass is 9.93. The maximum absolute atomic E-state index is 12.0. The van der Waals surface area contributed by atoms with E-state index in [4.69, 9.17) is 0 Å². The summed E-state index contributed by atoms with van der Waals surface area (Å²) >= 11 is 0. The Hall–Kier alpha value is -0.870. The van der Waals surface area contributed by atoms with Gasteiger partial charge < -0.3 is 5.32 Å². The van der Waals surface area contributed by atoms with Crippen LogP contribution in [0.3, 0.4) is 0 Å². The van der Waals surface area contributed by atoms with Crippen LogP contribution in [0.4, 0.5) is 0 Å². The molecule has 4 heteroatoms. The number of carbonyl (C=O) groups excluding carboxylic acids is 1. The fourth-order valence-corrected chi connectivity index (χ4v) is 4.60. The van der Waals surface area contributed by atoms with E-state index in [0.29, 0.717) is 6.54 Å². The van der Waals surface area contributed by atoms with Gasteiger partial charge in [-0.05, 0) is 38.0 Å². The van der Waals surface area contributed by atoms with E-state index >= 15 is 0 Å². The summed E-state index contributed by atoms with van der Waals surface area (Å²) in [6, 6.07) is 0.822. The van der Waals surface area contributed by atoms with E-state index in [1.165, 1.54) is 25.7 Å². The number of rotatable bonds is 5. The quantitative estimate of drug-likeness (QED) is 0.780. The number of hydrogen-bond acceptors (Lipinski definition) is 3. The maximum atomic E-state index is 12.0. The molecule has 3 fully saturated rings. The molecule has 1 saturated heterocycles. The number of piperazine rings is 1. The third-order valence-electron chi connectivity index (χ3n) is 5.87. The van der Waals surface area contributed by atoms with Crippen molar-refractivity contribution in [2.75, 3.05) is 32.7 Å². The van der Waals surface area contributed by atoms with Crippen molar-refractivity contribution in [3.8, 4) is 0 Å². The Morgan fingerprint density at radius 3 is 2.62 bits per heavy atom. The van der Waals surface area contributed by atoms with Crippen LogP contribution in [-0.2, 0) is 4.79 Å². The highest BCUT2D eigenvalue weighted by molar-refractivity contribution is 5.81. The molecule has 4 atom stereocenters. The van der Waals surface area contributed by atoms with Gasteiger partial charge in [0.15, 0.2) is 0 Å². The molecule has 0 spiro atoms. The van der Waals surface area contributed by atoms with Gasteiger partial charge in [0.2, 0.25) is 5.91 Å². The van der Waals surface area contributed by atoms with Crippen molar-refractivity contribution in [3.63, 3.8) is 0 Å². The summed E-state index contributed by atoms with van der Waals surface area (Å²) in [5.41, 5.74) is 0. The van der Waals surface area contributed by atoms with E-state index in [1.54, 1.807) is 6.08 Å². The number of nitrogens with one attached hydrogen (secondary N) is 1. The van der Waals surface area contributed by atoms with Crippen molar-refractivity contribution in [3.05, 3.63) is 12.7 Å². The number of nitrogens with zero attached hydrogens (tertiary/aromatic N) is 2. The molecule has 0 radical (unpaired) electrons. The van der Waals surface area contributed by atoms with Crippen LogP contribution in [0.25, 0.3) is 0 Å². The van der Waals surface area contributed by atoms with Gasteiger partial charge in [-0.25, -0.2) is 0 Å². The summed E-state index contributed by atoms with van der Waals surface area (Å²) in [6.45, 7) is 10.5. The van der Waals surface area contributed by atoms with Crippen molar-refractivity contribution in [2.45, 2.75) is 44.7 Å². The molecule has 0 aromatic heterocycles. The fourth-order valence-electron chi connectivity index (χ4n) is 4.60. The van der Waals surface area contributed by atoms with E-state index in [-0.39, 0.29) is 11.9 Å². The summed E-state index contributed by atoms with van der Waals surface area (Å²) in [7, 11) is 0. The molecule has 118 valence electrons. The number of hydrogen-bond donors (Lipinski definition) is 1. The standard InChI is InChI=1S/C17H29N3O/c1-3-6-18-17(21)13(2)19-7-9-20(10-8-19)16-12-14-4-5-15(16)11-14/h3,13-16H,1,4-12H2,2H3,(H,18,21)/t13-,14-,15-,16-/m0/s1. The Balaban J connectivity index is 1.46. The molecule has 0 aromatic carbocycles. The van der Waals surface area contributed by atoms with Crippen LogP contribution in [0.5, 0.6) is 0 Å². The summed E-state index contributed by atoms with van der Waals surface area (Å²) in [5.74, 6) is 2.11. The molecule has 2 aliphatic carbocycles. The number of amides is 1. The molecule has 3 rings (SSSR count). The van der Waals surface area contributed by atoms with Gasteiger partial charge in [0.1, 0.15) is 0 Å². The topological polar surface area (TPSA) is 35.6 Å². The molecule has 3 aliphatic rings. The Kier molecular flexibility index (Phi) is 4.65. The Labute approximate surface area is 128 Å². The van der Waals surface area contributed by atoms with Crippen LogP contribution < -0.4 is 5.32 Å². The van der Waals surface area contributed by atoms with Crippen molar-refractivity contribution in [1.29, 1.82) is 0 Å². The molecule has 1 heterocycles. The largest absolute Gasteiger partial charge is 0.351 e. The van der Waals surface area contributed by atoms with Crippen molar-refractivity contribution in [1.82, 2.24) is 15.1 Å². The molecule has 1 amide bonds. The SMILES string of the molecule is C=CCNC(=O)[C@H](C)N1CCN([C@H]2C[C@H]3CC[C@H]2C3)CC1. The third-order valence-corrected chi connectivity index (χ3v) is 5.87. The highest BCUT2D eigenvalue weighted by Crippen LogP contribution is 2.46. The first kappa shape index (κ1) is 15.0. The predicted molar refractivity (Wildman–Crippen MR) is 85.1 cm³/mol. The van der Waals surface area contributed by atoms with Crippen LogP contribution in [0, 0.1) is 11.8 Å². The molecule has 2 saturated carbocycles. The van der Waals surface area contributed by atoms with E-state index in [1.807, 2.05) is 6.92 Å². The lowest BCUT2D eigenvalue weighted by Crippen LogP contribution is -2.56. The molecule has 1 aliphatic heterocycles. The lowest BCUT2D eigenvalue weighted by molar-refractivity contribution is -0.126. The van der Waals surface area contributed by atoms with Crippen LogP contribution in [0.1, 0.15) is 32.6 Å². The second-order valence-corrected chi connectivity index (χ2v) is 7.02. The first-order chi connectivity index (χ1) is 10.2. The zero-order valence-electron chi connectivity index (χ0n) is 13.3. The first-order valence-corrected chi connectivity index (χ1v) is 8.55. The molecule has 0 aromatic rings. The van der Waals surface area contributed by atoms with E-state index in [2.05, 4.69) is 21.7 Å². The van der Waals surface area contributed by atoms with Gasteiger partial charge in [-0.15, -0.1) is 6.58 Å². The monoisotopic (exact) mass is 291 g/mol. The molecular weight excluding hydrogens is 262 g/mol. The van der Waals surface area contributed by atoms with E-state index in [9.17, 15) is 4.79 Å². The summed E-state index contributed by atoms with van der Waals surface area (Å²) in [5, 5.41) is 2.91. The van der Waals surface area contributed by atoms with Gasteiger partial charge in [0.25, 0.3) is 0 Å². The molecule has 1 N–H and O–H groups in total. The van der Waals surface area contributed by atoms with Crippen molar-refractivity contribution >= 4 is 5.91 Å². The Morgan fingerprint density at radius 2 is 2.05 bits per heavy atom. The van der Waals surface area contributed by atoms with E-state index in [0.717, 1.165) is 44.1 Å². The predicted octanol–water partition coefficient (Wildman–Crippen LogP) is 1.48. The minimum Gasteiger partial charge on any atom is -0.351 e. The highest BCUT2D eigenvalue weighted by Gasteiger charge is 2.43. The zero-order valence-corrected chi connectivity index (χ0v) is 13.3. The van der Waals surface area contributed by atoms with Gasteiger partial charge >= 0.3 is 0 Å². The summed E-state index contributed by atoms with van der Waals surface area (Å²) in [4.78, 5) is 17.1. The van der Waals surface area contributed by atoms with E-state index < -0.39 is 0 Å². The average molecular weight is 291 g/mol. The normalized spacial score (nSPS) is 34.8. The fraction of sp³-hybridized carbons (Fsp3) is 0.824. The minimum absolute atomic E-state index is 0.0212. The highest BCUT2D eigenvalue weighted by atomic mass is 16.2. The van der Waals surface area contributed by atoms with Crippen molar-refractivity contribution in [2.24, 2.45) is 11.8 Å². The van der Waals surface area contributed by atoms with Gasteiger partial charge in [-0.2, -0.15) is 0 Å². The average Bonchev–Trinajstić information content (AvgIpc) is 3.15. The molecule has 2 bridgehead atoms. The van der Waals surface area contributed by atoms with Crippen molar-refractivity contribution < 1.29 is 4.79 Å². The lowest BCUT2D eigenvalue weighted by Gasteiger charge is -2.42. The van der Waals surface area contributed by atoms with Crippen LogP contribution in [0.2, 0.25) is 0 Å². The van der Waals surface area contributed by atoms with Crippen LogP contribution >= 0.6 is 0 Å². The summed E-state index contributed by atoms with van der Waals surface area (Å²) < 4.78 is 0. The second kappa shape index (κ2) is 6.49. The zero-order chi connectivity index (χ0) is 14.8. The smallest absolute Gasteiger partial charge is 0.237 e. The molecule has 4 nitrogen and oxygen atoms in total.